The highest BCUT2D eigenvalue weighted by Gasteiger charge is 2.19. The summed E-state index contributed by atoms with van der Waals surface area (Å²) in [7, 11) is 1.78. The Balaban J connectivity index is 2.05. The molecule has 0 atom stereocenters. The number of rotatable bonds is 2. The van der Waals surface area contributed by atoms with E-state index in [1.807, 2.05) is 5.38 Å². The number of aromatic nitrogens is 1. The van der Waals surface area contributed by atoms with E-state index in [0.29, 0.717) is 29.8 Å². The smallest absolute Gasteiger partial charge is 0.224 e. The molecule has 0 radical (unpaired) electrons. The van der Waals surface area contributed by atoms with Crippen molar-refractivity contribution in [3.05, 3.63) is 28.9 Å². The van der Waals surface area contributed by atoms with E-state index in [1.54, 1.807) is 13.1 Å². The highest BCUT2D eigenvalue weighted by Crippen LogP contribution is 2.32. The SMILES string of the molecule is CNc1nc(-c2cc3c(cc2F)NC(=O)CC3)cs1. The summed E-state index contributed by atoms with van der Waals surface area (Å²) in [6, 6.07) is 3.15. The Morgan fingerprint density at radius 3 is 3.00 bits per heavy atom. The van der Waals surface area contributed by atoms with Crippen LogP contribution in [0.15, 0.2) is 17.5 Å². The van der Waals surface area contributed by atoms with Gasteiger partial charge in [0.25, 0.3) is 0 Å². The summed E-state index contributed by atoms with van der Waals surface area (Å²) in [6.45, 7) is 0. The Morgan fingerprint density at radius 2 is 2.26 bits per heavy atom. The molecule has 1 aromatic carbocycles. The van der Waals surface area contributed by atoms with E-state index in [2.05, 4.69) is 15.6 Å². The minimum absolute atomic E-state index is 0.0641. The molecule has 3 rings (SSSR count). The molecule has 2 heterocycles. The van der Waals surface area contributed by atoms with Gasteiger partial charge in [0.05, 0.1) is 5.69 Å². The normalized spacial score (nSPS) is 13.9. The number of anilines is 2. The number of hydrogen-bond donors (Lipinski definition) is 2. The van der Waals surface area contributed by atoms with Gasteiger partial charge >= 0.3 is 0 Å². The second-order valence-electron chi connectivity index (χ2n) is 4.33. The van der Waals surface area contributed by atoms with Crippen LogP contribution in [0.1, 0.15) is 12.0 Å². The van der Waals surface area contributed by atoms with Crippen LogP contribution in [0.4, 0.5) is 15.2 Å². The first-order valence-corrected chi connectivity index (χ1v) is 6.81. The average Bonchev–Trinajstić information content (AvgIpc) is 2.86. The standard InChI is InChI=1S/C13H12FN3OS/c1-15-13-17-11(6-19-13)8-4-7-2-3-12(18)16-10(7)5-9(8)14/h4-6H,2-3H2,1H3,(H,15,17)(H,16,18). The van der Waals surface area contributed by atoms with Crippen LogP contribution < -0.4 is 10.6 Å². The maximum atomic E-state index is 14.1. The first-order valence-electron chi connectivity index (χ1n) is 5.93. The first kappa shape index (κ1) is 12.1. The topological polar surface area (TPSA) is 54.0 Å². The van der Waals surface area contributed by atoms with E-state index >= 15 is 0 Å². The Hall–Kier alpha value is -1.95. The number of hydrogen-bond acceptors (Lipinski definition) is 4. The van der Waals surface area contributed by atoms with Crippen molar-refractivity contribution in [2.24, 2.45) is 0 Å². The van der Waals surface area contributed by atoms with E-state index in [4.69, 9.17) is 0 Å². The number of nitrogens with one attached hydrogen (secondary N) is 2. The summed E-state index contributed by atoms with van der Waals surface area (Å²) in [5, 5.41) is 8.19. The van der Waals surface area contributed by atoms with Crippen LogP contribution in [0.5, 0.6) is 0 Å². The second-order valence-corrected chi connectivity index (χ2v) is 5.18. The van der Waals surface area contributed by atoms with Gasteiger partial charge < -0.3 is 10.6 Å². The number of amides is 1. The Morgan fingerprint density at radius 1 is 1.42 bits per heavy atom. The zero-order valence-electron chi connectivity index (χ0n) is 10.3. The van der Waals surface area contributed by atoms with E-state index in [0.717, 1.165) is 10.7 Å². The molecule has 19 heavy (non-hydrogen) atoms. The number of fused-ring (bicyclic) bond motifs is 1. The molecule has 0 saturated carbocycles. The van der Waals surface area contributed by atoms with Crippen molar-refractivity contribution in [2.75, 3.05) is 17.7 Å². The van der Waals surface area contributed by atoms with E-state index < -0.39 is 0 Å². The van der Waals surface area contributed by atoms with Crippen LogP contribution in [0.2, 0.25) is 0 Å². The molecular weight excluding hydrogens is 265 g/mol. The molecule has 0 fully saturated rings. The number of thiazole rings is 1. The highest BCUT2D eigenvalue weighted by molar-refractivity contribution is 7.14. The predicted octanol–water partition coefficient (Wildman–Crippen LogP) is 2.88. The molecule has 1 aliphatic heterocycles. The molecule has 6 heteroatoms. The molecule has 1 aliphatic rings. The highest BCUT2D eigenvalue weighted by atomic mass is 32.1. The molecule has 2 aromatic rings. The molecule has 2 N–H and O–H groups in total. The van der Waals surface area contributed by atoms with Gasteiger partial charge in [-0.15, -0.1) is 11.3 Å². The molecule has 0 saturated heterocycles. The van der Waals surface area contributed by atoms with Crippen molar-refractivity contribution in [1.82, 2.24) is 4.98 Å². The summed E-state index contributed by atoms with van der Waals surface area (Å²) >= 11 is 1.43. The fourth-order valence-corrected chi connectivity index (χ4v) is 2.78. The summed E-state index contributed by atoms with van der Waals surface area (Å²) in [4.78, 5) is 15.6. The maximum absolute atomic E-state index is 14.1. The monoisotopic (exact) mass is 277 g/mol. The first-order chi connectivity index (χ1) is 9.17. The molecule has 98 valence electrons. The van der Waals surface area contributed by atoms with E-state index in [1.165, 1.54) is 17.4 Å². The van der Waals surface area contributed by atoms with Gasteiger partial charge in [-0.05, 0) is 24.1 Å². The van der Waals surface area contributed by atoms with Gasteiger partial charge in [0, 0.05) is 30.1 Å². The van der Waals surface area contributed by atoms with Crippen molar-refractivity contribution >= 4 is 28.1 Å². The van der Waals surface area contributed by atoms with Crippen LogP contribution in [0, 0.1) is 5.82 Å². The fourth-order valence-electron chi connectivity index (χ4n) is 2.11. The lowest BCUT2D eigenvalue weighted by molar-refractivity contribution is -0.116. The van der Waals surface area contributed by atoms with Gasteiger partial charge in [-0.1, -0.05) is 0 Å². The molecular formula is C13H12FN3OS. The van der Waals surface area contributed by atoms with Crippen molar-refractivity contribution in [3.8, 4) is 11.3 Å². The van der Waals surface area contributed by atoms with Crippen LogP contribution >= 0.6 is 11.3 Å². The van der Waals surface area contributed by atoms with Crippen molar-refractivity contribution in [3.63, 3.8) is 0 Å². The van der Waals surface area contributed by atoms with E-state index in [-0.39, 0.29) is 11.7 Å². The largest absolute Gasteiger partial charge is 0.365 e. The molecule has 0 spiro atoms. The lowest BCUT2D eigenvalue weighted by atomic mass is 9.99. The zero-order chi connectivity index (χ0) is 13.4. The molecule has 1 amide bonds. The Kier molecular flexibility index (Phi) is 2.94. The Bertz CT molecular complexity index is 653. The number of benzene rings is 1. The summed E-state index contributed by atoms with van der Waals surface area (Å²) in [5.41, 5.74) is 2.62. The van der Waals surface area contributed by atoms with Crippen molar-refractivity contribution in [2.45, 2.75) is 12.8 Å². The number of carbonyl (C=O) groups excluding carboxylic acids is 1. The third-order valence-corrected chi connectivity index (χ3v) is 3.94. The van der Waals surface area contributed by atoms with Crippen LogP contribution in [-0.4, -0.2) is 17.9 Å². The van der Waals surface area contributed by atoms with Crippen LogP contribution in [0.3, 0.4) is 0 Å². The number of aryl methyl sites for hydroxylation is 1. The minimum atomic E-state index is -0.367. The zero-order valence-corrected chi connectivity index (χ0v) is 11.1. The second kappa shape index (κ2) is 4.62. The average molecular weight is 277 g/mol. The summed E-state index contributed by atoms with van der Waals surface area (Å²) in [5.74, 6) is -0.431. The van der Waals surface area contributed by atoms with Crippen LogP contribution in [-0.2, 0) is 11.2 Å². The molecule has 1 aromatic heterocycles. The number of nitrogens with zero attached hydrogens (tertiary/aromatic N) is 1. The minimum Gasteiger partial charge on any atom is -0.365 e. The molecule has 4 nitrogen and oxygen atoms in total. The number of carbonyl (C=O) groups is 1. The van der Waals surface area contributed by atoms with Gasteiger partial charge in [0.15, 0.2) is 5.13 Å². The summed E-state index contributed by atoms with van der Waals surface area (Å²) in [6.07, 6.45) is 1.08. The molecule has 0 bridgehead atoms. The maximum Gasteiger partial charge on any atom is 0.224 e. The third kappa shape index (κ3) is 2.19. The van der Waals surface area contributed by atoms with Crippen molar-refractivity contribution < 1.29 is 9.18 Å². The lowest BCUT2D eigenvalue weighted by Crippen LogP contribution is -2.19. The van der Waals surface area contributed by atoms with Crippen LogP contribution in [0.25, 0.3) is 11.3 Å². The fraction of sp³-hybridized carbons (Fsp3) is 0.231. The van der Waals surface area contributed by atoms with Gasteiger partial charge in [-0.25, -0.2) is 9.37 Å². The molecule has 0 aliphatic carbocycles. The van der Waals surface area contributed by atoms with Crippen molar-refractivity contribution in [1.29, 1.82) is 0 Å². The third-order valence-electron chi connectivity index (χ3n) is 3.08. The Labute approximate surface area is 113 Å². The lowest BCUT2D eigenvalue weighted by Gasteiger charge is -2.17. The van der Waals surface area contributed by atoms with E-state index in [9.17, 15) is 9.18 Å². The van der Waals surface area contributed by atoms with Gasteiger partial charge in [0.2, 0.25) is 5.91 Å². The molecule has 0 unspecified atom stereocenters. The predicted molar refractivity (Wildman–Crippen MR) is 74.0 cm³/mol. The summed E-state index contributed by atoms with van der Waals surface area (Å²) < 4.78 is 14.1. The quantitative estimate of drug-likeness (QED) is 0.887. The number of halogens is 1. The van der Waals surface area contributed by atoms with Gasteiger partial charge in [-0.2, -0.15) is 0 Å². The van der Waals surface area contributed by atoms with Gasteiger partial charge in [0.1, 0.15) is 5.82 Å². The van der Waals surface area contributed by atoms with Gasteiger partial charge in [-0.3, -0.25) is 4.79 Å².